The summed E-state index contributed by atoms with van der Waals surface area (Å²) in [5, 5.41) is 0. The average molecular weight is 318 g/mol. The lowest BCUT2D eigenvalue weighted by Crippen LogP contribution is -2.27. The summed E-state index contributed by atoms with van der Waals surface area (Å²) in [6.45, 7) is 9.04. The standard InChI is InChI=1S/C15H26O7/c1-14(2)19-9-12(21-14)7-17-5-11(16)6-18-8-13-10-20-15(3,4)22-13/h12-13H,5-10H2,1-4H3/t12-,13-/m0/s1. The minimum Gasteiger partial charge on any atom is -0.371 e. The van der Waals surface area contributed by atoms with Crippen LogP contribution in [0.4, 0.5) is 0 Å². The van der Waals surface area contributed by atoms with Gasteiger partial charge in [0.15, 0.2) is 17.4 Å². The van der Waals surface area contributed by atoms with Crippen LogP contribution in [0.25, 0.3) is 0 Å². The van der Waals surface area contributed by atoms with Crippen LogP contribution in [-0.2, 0) is 33.2 Å². The lowest BCUT2D eigenvalue weighted by Gasteiger charge is -2.17. The molecule has 2 aliphatic rings. The Morgan fingerprint density at radius 2 is 1.32 bits per heavy atom. The highest BCUT2D eigenvalue weighted by Gasteiger charge is 2.33. The molecular weight excluding hydrogens is 292 g/mol. The SMILES string of the molecule is CC1(C)OC[C@H](COCC(=O)COC[C@H]2COC(C)(C)O2)O1. The van der Waals surface area contributed by atoms with Crippen molar-refractivity contribution in [3.05, 3.63) is 0 Å². The van der Waals surface area contributed by atoms with Crippen molar-refractivity contribution in [1.29, 1.82) is 0 Å². The third kappa shape index (κ3) is 5.91. The summed E-state index contributed by atoms with van der Waals surface area (Å²) in [4.78, 5) is 11.7. The lowest BCUT2D eigenvalue weighted by molar-refractivity contribution is -0.149. The van der Waals surface area contributed by atoms with Gasteiger partial charge in [-0.15, -0.1) is 0 Å². The van der Waals surface area contributed by atoms with Gasteiger partial charge in [0.1, 0.15) is 25.4 Å². The van der Waals surface area contributed by atoms with E-state index in [4.69, 9.17) is 28.4 Å². The van der Waals surface area contributed by atoms with E-state index in [2.05, 4.69) is 0 Å². The molecule has 0 radical (unpaired) electrons. The highest BCUT2D eigenvalue weighted by atomic mass is 16.8. The number of ether oxygens (including phenoxy) is 6. The zero-order valence-electron chi connectivity index (χ0n) is 13.8. The molecule has 0 amide bonds. The molecule has 22 heavy (non-hydrogen) atoms. The Hall–Kier alpha value is -0.570. The number of rotatable bonds is 8. The van der Waals surface area contributed by atoms with Crippen LogP contribution in [0.15, 0.2) is 0 Å². The van der Waals surface area contributed by atoms with E-state index >= 15 is 0 Å². The quantitative estimate of drug-likeness (QED) is 0.658. The maximum atomic E-state index is 11.7. The summed E-state index contributed by atoms with van der Waals surface area (Å²) in [7, 11) is 0. The summed E-state index contributed by atoms with van der Waals surface area (Å²) < 4.78 is 32.7. The molecule has 7 nitrogen and oxygen atoms in total. The zero-order chi connectivity index (χ0) is 16.2. The van der Waals surface area contributed by atoms with Crippen LogP contribution in [-0.4, -0.2) is 69.2 Å². The van der Waals surface area contributed by atoms with Crippen LogP contribution in [0.2, 0.25) is 0 Å². The molecule has 0 spiro atoms. The molecule has 2 fully saturated rings. The summed E-state index contributed by atoms with van der Waals surface area (Å²) in [6, 6.07) is 0. The minimum absolute atomic E-state index is 0.00774. The fraction of sp³-hybridized carbons (Fsp3) is 0.933. The van der Waals surface area contributed by atoms with Crippen LogP contribution >= 0.6 is 0 Å². The smallest absolute Gasteiger partial charge is 0.183 e. The van der Waals surface area contributed by atoms with E-state index in [1.54, 1.807) is 0 Å². The maximum absolute atomic E-state index is 11.7. The van der Waals surface area contributed by atoms with Crippen LogP contribution < -0.4 is 0 Å². The molecule has 2 heterocycles. The van der Waals surface area contributed by atoms with Gasteiger partial charge in [-0.3, -0.25) is 4.79 Å². The average Bonchev–Trinajstić information content (AvgIpc) is 2.92. The van der Waals surface area contributed by atoms with Crippen molar-refractivity contribution in [2.75, 3.05) is 39.6 Å². The molecule has 0 saturated carbocycles. The molecule has 0 aromatic heterocycles. The van der Waals surface area contributed by atoms with Gasteiger partial charge in [0.2, 0.25) is 0 Å². The Morgan fingerprint density at radius 1 is 0.909 bits per heavy atom. The van der Waals surface area contributed by atoms with Gasteiger partial charge in [0, 0.05) is 0 Å². The van der Waals surface area contributed by atoms with E-state index in [1.165, 1.54) is 0 Å². The van der Waals surface area contributed by atoms with E-state index in [1.807, 2.05) is 27.7 Å². The predicted octanol–water partition coefficient (Wildman–Crippen LogP) is 0.892. The molecule has 0 unspecified atom stereocenters. The van der Waals surface area contributed by atoms with Crippen molar-refractivity contribution in [1.82, 2.24) is 0 Å². The zero-order valence-corrected chi connectivity index (χ0v) is 13.8. The third-order valence-corrected chi connectivity index (χ3v) is 3.27. The van der Waals surface area contributed by atoms with Gasteiger partial charge in [0.25, 0.3) is 0 Å². The molecular formula is C15H26O7. The van der Waals surface area contributed by atoms with Crippen LogP contribution in [0.5, 0.6) is 0 Å². The van der Waals surface area contributed by atoms with Gasteiger partial charge >= 0.3 is 0 Å². The normalized spacial score (nSPS) is 29.8. The van der Waals surface area contributed by atoms with E-state index in [9.17, 15) is 4.79 Å². The first-order valence-electron chi connectivity index (χ1n) is 7.56. The lowest BCUT2D eigenvalue weighted by atomic mass is 10.4. The fourth-order valence-corrected chi connectivity index (χ4v) is 2.34. The number of hydrogen-bond acceptors (Lipinski definition) is 7. The van der Waals surface area contributed by atoms with E-state index in [0.29, 0.717) is 26.4 Å². The molecule has 0 aromatic carbocycles. The Morgan fingerprint density at radius 3 is 1.64 bits per heavy atom. The molecule has 0 bridgehead atoms. The van der Waals surface area contributed by atoms with Crippen LogP contribution in [0.1, 0.15) is 27.7 Å². The Kier molecular flexibility index (Phi) is 5.93. The van der Waals surface area contributed by atoms with Crippen molar-refractivity contribution < 1.29 is 33.2 Å². The first kappa shape index (κ1) is 17.8. The van der Waals surface area contributed by atoms with Crippen molar-refractivity contribution in [2.24, 2.45) is 0 Å². The van der Waals surface area contributed by atoms with Gasteiger partial charge in [0.05, 0.1) is 26.4 Å². The van der Waals surface area contributed by atoms with Gasteiger partial charge in [-0.05, 0) is 27.7 Å². The number of carbonyl (C=O) groups excluding carboxylic acids is 1. The van der Waals surface area contributed by atoms with E-state index in [0.717, 1.165) is 0 Å². The second-order valence-corrected chi connectivity index (χ2v) is 6.47. The molecule has 0 aromatic rings. The molecule has 2 atom stereocenters. The molecule has 7 heteroatoms. The van der Waals surface area contributed by atoms with Crippen molar-refractivity contribution in [2.45, 2.75) is 51.5 Å². The molecule has 128 valence electrons. The second-order valence-electron chi connectivity index (χ2n) is 6.47. The second kappa shape index (κ2) is 7.33. The highest BCUT2D eigenvalue weighted by Crippen LogP contribution is 2.23. The third-order valence-electron chi connectivity index (χ3n) is 3.27. The fourth-order valence-electron chi connectivity index (χ4n) is 2.34. The Balaban J connectivity index is 1.50. The summed E-state index contributed by atoms with van der Waals surface area (Å²) in [5.41, 5.74) is 0. The number of carbonyl (C=O) groups is 1. The number of Topliss-reactive ketones (excluding diaryl/α,β-unsaturated/α-hetero) is 1. The molecule has 0 aliphatic carbocycles. The summed E-state index contributed by atoms with van der Waals surface area (Å²) in [6.07, 6.45) is -0.259. The monoisotopic (exact) mass is 318 g/mol. The van der Waals surface area contributed by atoms with E-state index < -0.39 is 11.6 Å². The van der Waals surface area contributed by atoms with Crippen molar-refractivity contribution in [3.8, 4) is 0 Å². The van der Waals surface area contributed by atoms with Crippen LogP contribution in [0, 0.1) is 0 Å². The molecule has 2 rings (SSSR count). The first-order valence-corrected chi connectivity index (χ1v) is 7.56. The highest BCUT2D eigenvalue weighted by molar-refractivity contribution is 5.80. The van der Waals surface area contributed by atoms with E-state index in [-0.39, 0.29) is 31.2 Å². The maximum Gasteiger partial charge on any atom is 0.183 e. The number of ketones is 1. The number of hydrogen-bond donors (Lipinski definition) is 0. The van der Waals surface area contributed by atoms with Gasteiger partial charge < -0.3 is 28.4 Å². The summed E-state index contributed by atoms with van der Waals surface area (Å²) in [5.74, 6) is -1.26. The largest absolute Gasteiger partial charge is 0.371 e. The van der Waals surface area contributed by atoms with Gasteiger partial charge in [-0.2, -0.15) is 0 Å². The molecule has 2 aliphatic heterocycles. The molecule has 0 N–H and O–H groups in total. The van der Waals surface area contributed by atoms with Crippen molar-refractivity contribution >= 4 is 5.78 Å². The van der Waals surface area contributed by atoms with Gasteiger partial charge in [-0.1, -0.05) is 0 Å². The minimum atomic E-state index is -0.571. The van der Waals surface area contributed by atoms with Gasteiger partial charge in [-0.25, -0.2) is 0 Å². The molecule has 2 saturated heterocycles. The Labute approximate surface area is 131 Å². The Bertz CT molecular complexity index is 346. The summed E-state index contributed by atoms with van der Waals surface area (Å²) >= 11 is 0. The predicted molar refractivity (Wildman–Crippen MR) is 76.5 cm³/mol. The van der Waals surface area contributed by atoms with Crippen molar-refractivity contribution in [3.63, 3.8) is 0 Å². The van der Waals surface area contributed by atoms with Crippen LogP contribution in [0.3, 0.4) is 0 Å². The first-order chi connectivity index (χ1) is 10.3. The topological polar surface area (TPSA) is 72.5 Å².